The molecule has 0 aliphatic carbocycles. The standard InChI is InChI=1S/C23H26N2O2/c1-17-8-9-18(2)21(16-17)24-23(27)20-12-14-25(15-13-20)22(26)11-10-19-6-4-3-5-7-19/h3-11,16,20H,12-15H2,1-2H3,(H,24,27). The predicted molar refractivity (Wildman–Crippen MR) is 109 cm³/mol. The number of nitrogens with zero attached hydrogens (tertiary/aromatic N) is 1. The summed E-state index contributed by atoms with van der Waals surface area (Å²) in [6, 6.07) is 15.8. The van der Waals surface area contributed by atoms with Crippen LogP contribution in [0.2, 0.25) is 0 Å². The Morgan fingerprint density at radius 1 is 1.04 bits per heavy atom. The number of aryl methyl sites for hydroxylation is 2. The van der Waals surface area contributed by atoms with Crippen molar-refractivity contribution in [2.24, 2.45) is 5.92 Å². The molecule has 0 radical (unpaired) electrons. The Labute approximate surface area is 160 Å². The fraction of sp³-hybridized carbons (Fsp3) is 0.304. The highest BCUT2D eigenvalue weighted by Gasteiger charge is 2.26. The Morgan fingerprint density at radius 3 is 2.44 bits per heavy atom. The monoisotopic (exact) mass is 362 g/mol. The second-order valence-electron chi connectivity index (χ2n) is 7.15. The quantitative estimate of drug-likeness (QED) is 0.829. The fourth-order valence-corrected chi connectivity index (χ4v) is 3.30. The number of amides is 2. The van der Waals surface area contributed by atoms with E-state index in [0.29, 0.717) is 25.9 Å². The number of hydrogen-bond donors (Lipinski definition) is 1. The van der Waals surface area contributed by atoms with Crippen molar-refractivity contribution >= 4 is 23.6 Å². The zero-order valence-electron chi connectivity index (χ0n) is 15.9. The van der Waals surface area contributed by atoms with E-state index in [2.05, 4.69) is 5.32 Å². The Morgan fingerprint density at radius 2 is 1.74 bits per heavy atom. The maximum absolute atomic E-state index is 12.6. The van der Waals surface area contributed by atoms with E-state index < -0.39 is 0 Å². The topological polar surface area (TPSA) is 49.4 Å². The van der Waals surface area contributed by atoms with Crippen LogP contribution in [0.25, 0.3) is 6.08 Å². The van der Waals surface area contributed by atoms with Gasteiger partial charge in [0.2, 0.25) is 11.8 Å². The Hall–Kier alpha value is -2.88. The van der Waals surface area contributed by atoms with Crippen LogP contribution in [0, 0.1) is 19.8 Å². The van der Waals surface area contributed by atoms with Crippen molar-refractivity contribution in [2.75, 3.05) is 18.4 Å². The van der Waals surface area contributed by atoms with Crippen molar-refractivity contribution in [1.82, 2.24) is 4.90 Å². The van der Waals surface area contributed by atoms with Crippen molar-refractivity contribution in [2.45, 2.75) is 26.7 Å². The molecule has 27 heavy (non-hydrogen) atoms. The van der Waals surface area contributed by atoms with Crippen LogP contribution in [-0.4, -0.2) is 29.8 Å². The first kappa shape index (κ1) is 18.9. The van der Waals surface area contributed by atoms with Gasteiger partial charge in [-0.05, 0) is 55.5 Å². The highest BCUT2D eigenvalue weighted by Crippen LogP contribution is 2.22. The summed E-state index contributed by atoms with van der Waals surface area (Å²) in [7, 11) is 0. The number of likely N-dealkylation sites (tertiary alicyclic amines) is 1. The molecule has 2 aromatic carbocycles. The van der Waals surface area contributed by atoms with E-state index in [1.54, 1.807) is 6.08 Å². The molecule has 1 fully saturated rings. The van der Waals surface area contributed by atoms with E-state index in [0.717, 1.165) is 22.4 Å². The summed E-state index contributed by atoms with van der Waals surface area (Å²) in [5.41, 5.74) is 4.08. The number of anilines is 1. The molecule has 1 heterocycles. The van der Waals surface area contributed by atoms with E-state index in [1.165, 1.54) is 0 Å². The minimum absolute atomic E-state index is 0.00670. The minimum Gasteiger partial charge on any atom is -0.339 e. The van der Waals surface area contributed by atoms with Gasteiger partial charge in [0.1, 0.15) is 0 Å². The van der Waals surface area contributed by atoms with Gasteiger partial charge in [0.05, 0.1) is 0 Å². The van der Waals surface area contributed by atoms with E-state index in [9.17, 15) is 9.59 Å². The summed E-state index contributed by atoms with van der Waals surface area (Å²) >= 11 is 0. The van der Waals surface area contributed by atoms with Gasteiger partial charge in [0, 0.05) is 30.8 Å². The fourth-order valence-electron chi connectivity index (χ4n) is 3.30. The molecule has 0 atom stereocenters. The number of rotatable bonds is 4. The van der Waals surface area contributed by atoms with Crippen LogP contribution in [0.4, 0.5) is 5.69 Å². The van der Waals surface area contributed by atoms with Crippen molar-refractivity contribution in [3.8, 4) is 0 Å². The lowest BCUT2D eigenvalue weighted by atomic mass is 9.95. The molecule has 0 bridgehead atoms. The van der Waals surface area contributed by atoms with Gasteiger partial charge < -0.3 is 10.2 Å². The molecule has 0 aromatic heterocycles. The lowest BCUT2D eigenvalue weighted by Gasteiger charge is -2.30. The zero-order chi connectivity index (χ0) is 19.2. The molecule has 0 unspecified atom stereocenters. The third kappa shape index (κ3) is 5.07. The zero-order valence-corrected chi connectivity index (χ0v) is 15.9. The first-order chi connectivity index (χ1) is 13.0. The van der Waals surface area contributed by atoms with Crippen LogP contribution < -0.4 is 5.32 Å². The van der Waals surface area contributed by atoms with Crippen molar-refractivity contribution < 1.29 is 9.59 Å². The van der Waals surface area contributed by atoms with Crippen molar-refractivity contribution in [3.63, 3.8) is 0 Å². The number of carbonyl (C=O) groups is 2. The number of benzene rings is 2. The molecule has 1 aliphatic rings. The molecule has 1 saturated heterocycles. The van der Waals surface area contributed by atoms with E-state index in [1.807, 2.05) is 73.4 Å². The Kier molecular flexibility index (Phi) is 6.07. The third-order valence-electron chi connectivity index (χ3n) is 5.05. The van der Waals surface area contributed by atoms with Gasteiger partial charge in [-0.1, -0.05) is 42.5 Å². The first-order valence-electron chi connectivity index (χ1n) is 9.43. The van der Waals surface area contributed by atoms with E-state index in [4.69, 9.17) is 0 Å². The Bertz CT molecular complexity index is 835. The maximum Gasteiger partial charge on any atom is 0.246 e. The molecule has 0 saturated carbocycles. The second-order valence-corrected chi connectivity index (χ2v) is 7.15. The van der Waals surface area contributed by atoms with Gasteiger partial charge in [-0.2, -0.15) is 0 Å². The highest BCUT2D eigenvalue weighted by molar-refractivity contribution is 5.94. The van der Waals surface area contributed by atoms with Crippen molar-refractivity contribution in [1.29, 1.82) is 0 Å². The molecular formula is C23H26N2O2. The largest absolute Gasteiger partial charge is 0.339 e. The number of carbonyl (C=O) groups excluding carboxylic acids is 2. The van der Waals surface area contributed by atoms with Crippen LogP contribution in [0.5, 0.6) is 0 Å². The molecule has 2 aromatic rings. The van der Waals surface area contributed by atoms with Crippen LogP contribution >= 0.6 is 0 Å². The van der Waals surface area contributed by atoms with Crippen LogP contribution in [0.1, 0.15) is 29.5 Å². The average molecular weight is 362 g/mol. The van der Waals surface area contributed by atoms with Gasteiger partial charge >= 0.3 is 0 Å². The number of hydrogen-bond acceptors (Lipinski definition) is 2. The lowest BCUT2D eigenvalue weighted by Crippen LogP contribution is -2.40. The molecular weight excluding hydrogens is 336 g/mol. The van der Waals surface area contributed by atoms with Crippen LogP contribution in [0.15, 0.2) is 54.6 Å². The summed E-state index contributed by atoms with van der Waals surface area (Å²) in [6.07, 6.45) is 4.84. The van der Waals surface area contributed by atoms with Crippen LogP contribution in [-0.2, 0) is 9.59 Å². The molecule has 140 valence electrons. The van der Waals surface area contributed by atoms with Gasteiger partial charge in [-0.25, -0.2) is 0 Å². The van der Waals surface area contributed by atoms with Gasteiger partial charge in [0.15, 0.2) is 0 Å². The third-order valence-corrected chi connectivity index (χ3v) is 5.05. The van der Waals surface area contributed by atoms with E-state index in [-0.39, 0.29) is 17.7 Å². The molecule has 3 rings (SSSR count). The second kappa shape index (κ2) is 8.67. The summed E-state index contributed by atoms with van der Waals surface area (Å²) < 4.78 is 0. The number of piperidine rings is 1. The smallest absolute Gasteiger partial charge is 0.246 e. The molecule has 1 aliphatic heterocycles. The average Bonchev–Trinajstić information content (AvgIpc) is 2.70. The summed E-state index contributed by atoms with van der Waals surface area (Å²) in [4.78, 5) is 26.8. The first-order valence-corrected chi connectivity index (χ1v) is 9.43. The lowest BCUT2D eigenvalue weighted by molar-refractivity contribution is -0.130. The van der Waals surface area contributed by atoms with Crippen molar-refractivity contribution in [3.05, 3.63) is 71.3 Å². The van der Waals surface area contributed by atoms with Crippen LogP contribution in [0.3, 0.4) is 0 Å². The predicted octanol–water partition coefficient (Wildman–Crippen LogP) is 4.19. The van der Waals surface area contributed by atoms with Gasteiger partial charge in [-0.3, -0.25) is 9.59 Å². The molecule has 1 N–H and O–H groups in total. The number of nitrogens with one attached hydrogen (secondary N) is 1. The van der Waals surface area contributed by atoms with E-state index >= 15 is 0 Å². The van der Waals surface area contributed by atoms with Gasteiger partial charge in [0.25, 0.3) is 0 Å². The Balaban J connectivity index is 1.52. The molecule has 4 heteroatoms. The van der Waals surface area contributed by atoms with Gasteiger partial charge in [-0.15, -0.1) is 0 Å². The molecule has 2 amide bonds. The summed E-state index contributed by atoms with van der Waals surface area (Å²) in [5, 5.41) is 3.06. The SMILES string of the molecule is Cc1ccc(C)c(NC(=O)C2CCN(C(=O)C=Cc3ccccc3)CC2)c1. The summed E-state index contributed by atoms with van der Waals surface area (Å²) in [5.74, 6) is 0.00920. The highest BCUT2D eigenvalue weighted by atomic mass is 16.2. The molecule has 0 spiro atoms. The minimum atomic E-state index is -0.0490. The maximum atomic E-state index is 12.6. The summed E-state index contributed by atoms with van der Waals surface area (Å²) in [6.45, 7) is 5.24. The molecule has 4 nitrogen and oxygen atoms in total. The normalized spacial score (nSPS) is 15.1.